The molecule has 13 heteroatoms. The van der Waals surface area contributed by atoms with Crippen molar-refractivity contribution in [2.45, 2.75) is 31.0 Å². The molecule has 0 fully saturated rings. The quantitative estimate of drug-likeness (QED) is 0.365. The van der Waals surface area contributed by atoms with Crippen molar-refractivity contribution in [1.29, 1.82) is 0 Å². The largest absolute Gasteiger partial charge is 0.497 e. The van der Waals surface area contributed by atoms with E-state index in [0.29, 0.717) is 5.75 Å². The number of nitrogens with zero attached hydrogens (tertiary/aromatic N) is 1. The molecule has 1 amide bonds. The van der Waals surface area contributed by atoms with Crippen LogP contribution >= 0.6 is 11.6 Å². The van der Waals surface area contributed by atoms with Gasteiger partial charge in [-0.2, -0.15) is 30.7 Å². The molecular formula is C22H21ClF7NO4. The summed E-state index contributed by atoms with van der Waals surface area (Å²) in [6.07, 6.45) is -6.91. The SMILES string of the molecule is COc1ccc(CN(CCc2cc(OC)c(Cl)cc2OC)C(=O)C(F)(F)C(F)(F)C(F)(F)F)cc1. The fourth-order valence-electron chi connectivity index (χ4n) is 3.09. The van der Waals surface area contributed by atoms with Gasteiger partial charge in [-0.1, -0.05) is 23.7 Å². The van der Waals surface area contributed by atoms with Crippen LogP contribution in [0.1, 0.15) is 11.1 Å². The summed E-state index contributed by atoms with van der Waals surface area (Å²) in [5, 5.41) is 0.149. The molecule has 0 aliphatic rings. The minimum absolute atomic E-state index is 0.149. The first-order valence-electron chi connectivity index (χ1n) is 9.84. The van der Waals surface area contributed by atoms with Gasteiger partial charge in [0.2, 0.25) is 0 Å². The van der Waals surface area contributed by atoms with E-state index in [1.54, 1.807) is 0 Å². The minimum atomic E-state index is -6.65. The molecule has 0 atom stereocenters. The monoisotopic (exact) mass is 531 g/mol. The van der Waals surface area contributed by atoms with Gasteiger partial charge in [-0.3, -0.25) is 4.79 Å². The average molecular weight is 532 g/mol. The lowest BCUT2D eigenvalue weighted by Crippen LogP contribution is -2.60. The molecule has 0 aliphatic heterocycles. The molecule has 0 aromatic heterocycles. The maximum atomic E-state index is 14.3. The van der Waals surface area contributed by atoms with Gasteiger partial charge in [0.05, 0.1) is 26.4 Å². The van der Waals surface area contributed by atoms with Gasteiger partial charge in [-0.15, -0.1) is 0 Å². The van der Waals surface area contributed by atoms with E-state index in [1.165, 1.54) is 57.7 Å². The van der Waals surface area contributed by atoms with Crippen LogP contribution in [0.4, 0.5) is 30.7 Å². The number of halogens is 8. The molecule has 5 nitrogen and oxygen atoms in total. The first kappa shape index (κ1) is 28.3. The number of benzene rings is 2. The smallest absolute Gasteiger partial charge is 0.460 e. The lowest BCUT2D eigenvalue weighted by molar-refractivity contribution is -0.346. The molecule has 0 saturated carbocycles. The predicted molar refractivity (Wildman–Crippen MR) is 113 cm³/mol. The van der Waals surface area contributed by atoms with Crippen molar-refractivity contribution in [1.82, 2.24) is 4.90 Å². The van der Waals surface area contributed by atoms with Gasteiger partial charge < -0.3 is 19.1 Å². The van der Waals surface area contributed by atoms with E-state index in [0.717, 1.165) is 0 Å². The number of alkyl halides is 7. The van der Waals surface area contributed by atoms with E-state index in [-0.39, 0.29) is 39.0 Å². The number of hydrogen-bond donors (Lipinski definition) is 0. The Morgan fingerprint density at radius 3 is 1.94 bits per heavy atom. The summed E-state index contributed by atoms with van der Waals surface area (Å²) in [6, 6.07) is 8.24. The van der Waals surface area contributed by atoms with E-state index in [2.05, 4.69) is 0 Å². The van der Waals surface area contributed by atoms with E-state index < -0.39 is 37.0 Å². The number of rotatable bonds is 10. The average Bonchev–Trinajstić information content (AvgIpc) is 2.81. The van der Waals surface area contributed by atoms with Gasteiger partial charge in [-0.25, -0.2) is 0 Å². The van der Waals surface area contributed by atoms with Crippen LogP contribution in [0.3, 0.4) is 0 Å². The highest BCUT2D eigenvalue weighted by molar-refractivity contribution is 6.32. The summed E-state index contributed by atoms with van der Waals surface area (Å²) in [7, 11) is 3.94. The highest BCUT2D eigenvalue weighted by atomic mass is 35.5. The van der Waals surface area contributed by atoms with Crippen molar-refractivity contribution in [3.63, 3.8) is 0 Å². The van der Waals surface area contributed by atoms with Crippen LogP contribution in [0.2, 0.25) is 5.02 Å². The maximum Gasteiger partial charge on any atom is 0.460 e. The fourth-order valence-corrected chi connectivity index (χ4v) is 3.32. The Hall–Kier alpha value is -2.89. The van der Waals surface area contributed by atoms with E-state index >= 15 is 0 Å². The summed E-state index contributed by atoms with van der Waals surface area (Å²) in [5.41, 5.74) is 0.470. The van der Waals surface area contributed by atoms with Crippen molar-refractivity contribution < 1.29 is 49.7 Å². The summed E-state index contributed by atoms with van der Waals surface area (Å²) < 4.78 is 109. The zero-order valence-corrected chi connectivity index (χ0v) is 19.4. The fraction of sp³-hybridized carbons (Fsp3) is 0.409. The van der Waals surface area contributed by atoms with Crippen LogP contribution < -0.4 is 14.2 Å². The van der Waals surface area contributed by atoms with Crippen molar-refractivity contribution in [2.75, 3.05) is 27.9 Å². The van der Waals surface area contributed by atoms with Gasteiger partial charge >= 0.3 is 18.0 Å². The van der Waals surface area contributed by atoms with Crippen molar-refractivity contribution in [2.24, 2.45) is 0 Å². The van der Waals surface area contributed by atoms with Crippen LogP contribution in [-0.2, 0) is 17.8 Å². The Balaban J connectivity index is 2.43. The van der Waals surface area contributed by atoms with E-state index in [1.807, 2.05) is 0 Å². The predicted octanol–water partition coefficient (Wildman–Crippen LogP) is 5.77. The van der Waals surface area contributed by atoms with Crippen molar-refractivity contribution in [3.05, 3.63) is 52.5 Å². The Bertz CT molecular complexity index is 1030. The number of ether oxygens (including phenoxy) is 3. The third-order valence-corrected chi connectivity index (χ3v) is 5.34. The number of amides is 1. The molecule has 2 aromatic carbocycles. The van der Waals surface area contributed by atoms with E-state index in [9.17, 15) is 35.5 Å². The second-order valence-corrected chi connectivity index (χ2v) is 7.68. The first-order valence-corrected chi connectivity index (χ1v) is 10.2. The second-order valence-electron chi connectivity index (χ2n) is 7.27. The first-order chi connectivity index (χ1) is 16.2. The van der Waals surface area contributed by atoms with Crippen LogP contribution in [0.25, 0.3) is 0 Å². The summed E-state index contributed by atoms with van der Waals surface area (Å²) >= 11 is 6.01. The molecule has 2 rings (SSSR count). The minimum Gasteiger partial charge on any atom is -0.497 e. The Kier molecular flexibility index (Phi) is 8.75. The van der Waals surface area contributed by atoms with Crippen LogP contribution in [-0.4, -0.2) is 56.7 Å². The third kappa shape index (κ3) is 6.03. The number of methoxy groups -OCH3 is 3. The Labute approximate surface area is 201 Å². The Morgan fingerprint density at radius 1 is 0.886 bits per heavy atom. The maximum absolute atomic E-state index is 14.3. The molecule has 0 aliphatic carbocycles. The molecule has 194 valence electrons. The molecule has 2 aromatic rings. The van der Waals surface area contributed by atoms with Crippen molar-refractivity contribution in [3.8, 4) is 17.2 Å². The lowest BCUT2D eigenvalue weighted by atomic mass is 10.1. The number of carbonyl (C=O) groups is 1. The topological polar surface area (TPSA) is 48.0 Å². The summed E-state index contributed by atoms with van der Waals surface area (Å²) in [4.78, 5) is 12.7. The molecule has 0 radical (unpaired) electrons. The van der Waals surface area contributed by atoms with Gasteiger partial charge in [0.25, 0.3) is 5.91 Å². The standard InChI is InChI=1S/C22H21ClF7NO4/c1-33-15-6-4-13(5-7-15)12-31(19(32)20(24,25)21(26,27)22(28,29)30)9-8-14-10-18(35-3)16(23)11-17(14)34-2/h4-7,10-11H,8-9,12H2,1-3H3. The molecule has 0 heterocycles. The molecule has 35 heavy (non-hydrogen) atoms. The number of hydrogen-bond acceptors (Lipinski definition) is 4. The zero-order chi connectivity index (χ0) is 26.6. The lowest BCUT2D eigenvalue weighted by Gasteiger charge is -2.32. The van der Waals surface area contributed by atoms with Gasteiger partial charge in [0.1, 0.15) is 17.2 Å². The zero-order valence-electron chi connectivity index (χ0n) is 18.7. The normalized spacial score (nSPS) is 12.3. The molecule has 0 unspecified atom stereocenters. The van der Waals surface area contributed by atoms with Crippen LogP contribution in [0, 0.1) is 0 Å². The highest BCUT2D eigenvalue weighted by Crippen LogP contribution is 2.47. The van der Waals surface area contributed by atoms with E-state index in [4.69, 9.17) is 25.8 Å². The molecule has 0 spiro atoms. The van der Waals surface area contributed by atoms with Gasteiger partial charge in [-0.05, 0) is 35.7 Å². The van der Waals surface area contributed by atoms with Gasteiger partial charge in [0.15, 0.2) is 0 Å². The molecule has 0 bridgehead atoms. The third-order valence-electron chi connectivity index (χ3n) is 5.04. The Morgan fingerprint density at radius 2 is 1.46 bits per heavy atom. The summed E-state index contributed by atoms with van der Waals surface area (Å²) in [5.74, 6) is -14.6. The second kappa shape index (κ2) is 10.8. The molecular weight excluding hydrogens is 511 g/mol. The van der Waals surface area contributed by atoms with Crippen LogP contribution in [0.15, 0.2) is 36.4 Å². The van der Waals surface area contributed by atoms with Gasteiger partial charge in [0, 0.05) is 19.2 Å². The summed E-state index contributed by atoms with van der Waals surface area (Å²) in [6.45, 7) is -1.34. The molecule has 0 saturated heterocycles. The highest BCUT2D eigenvalue weighted by Gasteiger charge is 2.76. The molecule has 0 N–H and O–H groups in total. The van der Waals surface area contributed by atoms with Crippen molar-refractivity contribution >= 4 is 17.5 Å². The number of carbonyl (C=O) groups excluding carboxylic acids is 1. The van der Waals surface area contributed by atoms with Crippen LogP contribution in [0.5, 0.6) is 17.2 Å².